The molecule has 3 rings (SSSR count). The van der Waals surface area contributed by atoms with Crippen LogP contribution < -0.4 is 9.62 Å². The molecule has 0 aliphatic heterocycles. The number of benzene rings is 3. The molecule has 0 heterocycles. The van der Waals surface area contributed by atoms with Gasteiger partial charge in [0.05, 0.1) is 11.9 Å². The molecule has 0 fully saturated rings. The molecule has 0 saturated carbocycles. The summed E-state index contributed by atoms with van der Waals surface area (Å²) in [4.78, 5) is 29.1. The maximum atomic E-state index is 14.1. The molecular weight excluding hydrogens is 557 g/mol. The number of anilines is 1. The van der Waals surface area contributed by atoms with E-state index in [1.807, 2.05) is 75.4 Å². The first-order valence-electron chi connectivity index (χ1n) is 12.5. The summed E-state index contributed by atoms with van der Waals surface area (Å²) in [5.74, 6) is -0.868. The van der Waals surface area contributed by atoms with Gasteiger partial charge in [0.1, 0.15) is 12.6 Å². The van der Waals surface area contributed by atoms with Gasteiger partial charge in [-0.05, 0) is 55.7 Å². The van der Waals surface area contributed by atoms with Gasteiger partial charge < -0.3 is 10.2 Å². The Balaban J connectivity index is 2.08. The Hall–Kier alpha value is -3.07. The molecule has 1 atom stereocenters. The summed E-state index contributed by atoms with van der Waals surface area (Å²) in [7, 11) is -3.92. The monoisotopic (exact) mass is 589 g/mol. The van der Waals surface area contributed by atoms with E-state index >= 15 is 0 Å². The summed E-state index contributed by atoms with van der Waals surface area (Å²) in [5.41, 5.74) is 2.81. The van der Waals surface area contributed by atoms with Crippen LogP contribution in [0.15, 0.2) is 72.8 Å². The fraction of sp³-hybridized carbons (Fsp3) is 0.310. The van der Waals surface area contributed by atoms with Crippen molar-refractivity contribution in [2.45, 2.75) is 45.8 Å². The van der Waals surface area contributed by atoms with Gasteiger partial charge in [0.25, 0.3) is 0 Å². The van der Waals surface area contributed by atoms with E-state index in [2.05, 4.69) is 5.32 Å². The SMILES string of the molecule is Cc1ccccc1CN(C(=O)CN(c1cc(Cl)cc(Cl)c1)S(C)(=O)=O)[C@H](Cc1ccccc1)C(=O)NC(C)C. The molecule has 0 radical (unpaired) electrons. The minimum Gasteiger partial charge on any atom is -0.352 e. The molecule has 2 amide bonds. The topological polar surface area (TPSA) is 86.8 Å². The standard InChI is InChI=1S/C29H33Cl2N3O4S/c1-20(2)32-29(36)27(14-22-11-6-5-7-12-22)33(18-23-13-9-8-10-21(23)3)28(35)19-34(39(4,37)38)26-16-24(30)15-25(31)17-26/h5-13,15-17,20,27H,14,18-19H2,1-4H3,(H,32,36)/t27-/m1/s1. The number of carbonyl (C=O) groups excluding carboxylic acids is 2. The van der Waals surface area contributed by atoms with E-state index in [-0.39, 0.29) is 40.6 Å². The fourth-order valence-electron chi connectivity index (χ4n) is 4.20. The summed E-state index contributed by atoms with van der Waals surface area (Å²) in [6.07, 6.45) is 1.26. The van der Waals surface area contributed by atoms with Gasteiger partial charge in [-0.2, -0.15) is 0 Å². The highest BCUT2D eigenvalue weighted by Crippen LogP contribution is 2.27. The van der Waals surface area contributed by atoms with Crippen LogP contribution in [0.5, 0.6) is 0 Å². The maximum Gasteiger partial charge on any atom is 0.244 e. The zero-order valence-corrected chi connectivity index (χ0v) is 24.7. The van der Waals surface area contributed by atoms with Crippen molar-refractivity contribution in [3.05, 3.63) is 99.5 Å². The number of rotatable bonds is 11. The van der Waals surface area contributed by atoms with E-state index in [4.69, 9.17) is 23.2 Å². The minimum absolute atomic E-state index is 0.114. The molecule has 7 nitrogen and oxygen atoms in total. The van der Waals surface area contributed by atoms with Gasteiger partial charge in [0.2, 0.25) is 21.8 Å². The predicted octanol–water partition coefficient (Wildman–Crippen LogP) is 5.23. The van der Waals surface area contributed by atoms with Crippen LogP contribution in [0.2, 0.25) is 10.0 Å². The second-order valence-electron chi connectivity index (χ2n) is 9.71. The second-order valence-corrected chi connectivity index (χ2v) is 12.5. The van der Waals surface area contributed by atoms with E-state index in [9.17, 15) is 18.0 Å². The summed E-state index contributed by atoms with van der Waals surface area (Å²) < 4.78 is 26.7. The third-order valence-corrected chi connectivity index (χ3v) is 7.70. The van der Waals surface area contributed by atoms with E-state index in [1.165, 1.54) is 23.1 Å². The largest absolute Gasteiger partial charge is 0.352 e. The Labute approximate surface area is 240 Å². The molecule has 208 valence electrons. The smallest absolute Gasteiger partial charge is 0.244 e. The molecule has 0 aliphatic rings. The highest BCUT2D eigenvalue weighted by atomic mass is 35.5. The minimum atomic E-state index is -3.92. The fourth-order valence-corrected chi connectivity index (χ4v) is 5.55. The van der Waals surface area contributed by atoms with Crippen LogP contribution in [-0.4, -0.2) is 50.0 Å². The van der Waals surface area contributed by atoms with Crippen molar-refractivity contribution in [2.75, 3.05) is 17.1 Å². The third kappa shape index (κ3) is 8.71. The van der Waals surface area contributed by atoms with Crippen molar-refractivity contribution in [3.8, 4) is 0 Å². The first kappa shape index (κ1) is 30.5. The highest BCUT2D eigenvalue weighted by molar-refractivity contribution is 7.92. The Morgan fingerprint density at radius 2 is 1.51 bits per heavy atom. The molecule has 0 unspecified atom stereocenters. The van der Waals surface area contributed by atoms with Crippen LogP contribution in [0.1, 0.15) is 30.5 Å². The number of hydrogen-bond donors (Lipinski definition) is 1. The summed E-state index contributed by atoms with van der Waals surface area (Å²) in [6.45, 7) is 5.19. The van der Waals surface area contributed by atoms with Crippen molar-refractivity contribution >= 4 is 50.7 Å². The van der Waals surface area contributed by atoms with Crippen molar-refractivity contribution in [2.24, 2.45) is 0 Å². The van der Waals surface area contributed by atoms with Crippen molar-refractivity contribution in [1.29, 1.82) is 0 Å². The highest BCUT2D eigenvalue weighted by Gasteiger charge is 2.33. The quantitative estimate of drug-likeness (QED) is 0.331. The third-order valence-electron chi connectivity index (χ3n) is 6.12. The number of nitrogens with zero attached hydrogens (tertiary/aromatic N) is 2. The van der Waals surface area contributed by atoms with Crippen LogP contribution >= 0.6 is 23.2 Å². The van der Waals surface area contributed by atoms with Gasteiger partial charge in [-0.15, -0.1) is 0 Å². The summed E-state index contributed by atoms with van der Waals surface area (Å²) in [5, 5.41) is 3.39. The molecule has 0 aliphatic carbocycles. The first-order chi connectivity index (χ1) is 18.3. The Morgan fingerprint density at radius 3 is 2.08 bits per heavy atom. The van der Waals surface area contributed by atoms with Crippen LogP contribution in [0.3, 0.4) is 0 Å². The lowest BCUT2D eigenvalue weighted by Crippen LogP contribution is -2.54. The summed E-state index contributed by atoms with van der Waals surface area (Å²) >= 11 is 12.3. The molecule has 0 bridgehead atoms. The number of hydrogen-bond acceptors (Lipinski definition) is 4. The van der Waals surface area contributed by atoms with Gasteiger partial charge in [0.15, 0.2) is 0 Å². The number of carbonyl (C=O) groups is 2. The molecule has 10 heteroatoms. The second kappa shape index (κ2) is 13.3. The van der Waals surface area contributed by atoms with E-state index in [1.54, 1.807) is 0 Å². The predicted molar refractivity (Wildman–Crippen MR) is 158 cm³/mol. The van der Waals surface area contributed by atoms with Gasteiger partial charge in [-0.3, -0.25) is 13.9 Å². The lowest BCUT2D eigenvalue weighted by atomic mass is 10.0. The van der Waals surface area contributed by atoms with Crippen molar-refractivity contribution < 1.29 is 18.0 Å². The van der Waals surface area contributed by atoms with Crippen molar-refractivity contribution in [3.63, 3.8) is 0 Å². The Kier molecular flexibility index (Phi) is 10.4. The molecule has 0 spiro atoms. The van der Waals surface area contributed by atoms with Crippen LogP contribution in [-0.2, 0) is 32.6 Å². The molecule has 0 saturated heterocycles. The van der Waals surface area contributed by atoms with Gasteiger partial charge in [-0.25, -0.2) is 8.42 Å². The summed E-state index contributed by atoms with van der Waals surface area (Å²) in [6, 6.07) is 20.3. The zero-order chi connectivity index (χ0) is 28.7. The maximum absolute atomic E-state index is 14.1. The van der Waals surface area contributed by atoms with E-state index in [0.717, 1.165) is 27.3 Å². The number of nitrogens with one attached hydrogen (secondary N) is 1. The van der Waals surface area contributed by atoms with Crippen LogP contribution in [0.4, 0.5) is 5.69 Å². The molecule has 3 aromatic carbocycles. The van der Waals surface area contributed by atoms with Crippen LogP contribution in [0.25, 0.3) is 0 Å². The van der Waals surface area contributed by atoms with Crippen molar-refractivity contribution in [1.82, 2.24) is 10.2 Å². The Morgan fingerprint density at radius 1 is 0.923 bits per heavy atom. The zero-order valence-electron chi connectivity index (χ0n) is 22.4. The normalized spacial score (nSPS) is 12.2. The average Bonchev–Trinajstić information content (AvgIpc) is 2.84. The molecule has 3 aromatic rings. The molecule has 1 N–H and O–H groups in total. The number of halogens is 2. The molecule has 39 heavy (non-hydrogen) atoms. The van der Waals surface area contributed by atoms with Gasteiger partial charge in [-0.1, -0.05) is 77.8 Å². The van der Waals surface area contributed by atoms with Crippen LogP contribution in [0, 0.1) is 6.92 Å². The van der Waals surface area contributed by atoms with E-state index in [0.29, 0.717) is 0 Å². The number of aryl methyl sites for hydroxylation is 1. The average molecular weight is 591 g/mol. The lowest BCUT2D eigenvalue weighted by Gasteiger charge is -2.34. The van der Waals surface area contributed by atoms with E-state index < -0.39 is 28.5 Å². The van der Waals surface area contributed by atoms with Gasteiger partial charge in [0, 0.05) is 29.1 Å². The van der Waals surface area contributed by atoms with Gasteiger partial charge >= 0.3 is 0 Å². The molecule has 0 aromatic heterocycles. The molecular formula is C29H33Cl2N3O4S. The Bertz CT molecular complexity index is 1390. The lowest BCUT2D eigenvalue weighted by molar-refractivity contribution is -0.140. The number of amides is 2. The number of sulfonamides is 1. The first-order valence-corrected chi connectivity index (χ1v) is 15.1.